The Balaban J connectivity index is 2.40. The lowest BCUT2D eigenvalue weighted by atomic mass is 10.0. The molecule has 0 aliphatic rings. The lowest BCUT2D eigenvalue weighted by Crippen LogP contribution is -2.54. The molecule has 2 aromatic carbocycles. The van der Waals surface area contributed by atoms with Gasteiger partial charge in [-0.05, 0) is 41.3 Å². The van der Waals surface area contributed by atoms with Gasteiger partial charge in [0.05, 0.1) is 11.4 Å². The number of halogens is 1. The fourth-order valence-electron chi connectivity index (χ4n) is 2.39. The molecule has 2 aromatic rings. The molecule has 0 spiro atoms. The van der Waals surface area contributed by atoms with Crippen LogP contribution in [0.1, 0.15) is 36.1 Å². The van der Waals surface area contributed by atoms with Gasteiger partial charge in [0.2, 0.25) is 0 Å². The normalized spacial score (nSPS) is 13.3. The molecular formula is C17H21ClNO2S+. The topological polar surface area (TPSA) is 61.8 Å². The number of rotatable bonds is 5. The molecule has 0 saturated heterocycles. The Kier molecular flexibility index (Phi) is 5.27. The summed E-state index contributed by atoms with van der Waals surface area (Å²) in [7, 11) is -3.48. The molecule has 22 heavy (non-hydrogen) atoms. The van der Waals surface area contributed by atoms with E-state index < -0.39 is 15.1 Å². The molecule has 118 valence electrons. The van der Waals surface area contributed by atoms with Crippen molar-refractivity contribution in [2.45, 2.75) is 29.9 Å². The SMILES string of the molecule is CC(C)c1ccc([C@H](C[NH3+])S(=O)(=O)c2ccc(Cl)cc2)cc1. The van der Waals surface area contributed by atoms with E-state index in [0.29, 0.717) is 10.9 Å². The van der Waals surface area contributed by atoms with Crippen LogP contribution in [0.25, 0.3) is 0 Å². The fourth-order valence-corrected chi connectivity index (χ4v) is 4.18. The number of hydrogen-bond donors (Lipinski definition) is 1. The molecule has 5 heteroatoms. The molecular weight excluding hydrogens is 318 g/mol. The summed E-state index contributed by atoms with van der Waals surface area (Å²) in [5.74, 6) is 0.417. The first kappa shape index (κ1) is 17.0. The standard InChI is InChI=1S/C17H20ClNO2S/c1-12(2)13-3-5-14(6-4-13)17(11-19)22(20,21)16-9-7-15(18)8-10-16/h3-10,12,17H,11,19H2,1-2H3/p+1/t17-/m0/s1. The first-order valence-electron chi connectivity index (χ1n) is 7.25. The second-order valence-electron chi connectivity index (χ2n) is 5.60. The van der Waals surface area contributed by atoms with Crippen LogP contribution in [0.15, 0.2) is 53.4 Å². The van der Waals surface area contributed by atoms with Gasteiger partial charge in [0.25, 0.3) is 0 Å². The van der Waals surface area contributed by atoms with E-state index >= 15 is 0 Å². The van der Waals surface area contributed by atoms with Crippen molar-refractivity contribution in [2.24, 2.45) is 0 Å². The number of quaternary nitrogens is 1. The molecule has 0 amide bonds. The quantitative estimate of drug-likeness (QED) is 0.909. The largest absolute Gasteiger partial charge is 0.356 e. The number of benzene rings is 2. The zero-order valence-electron chi connectivity index (χ0n) is 12.8. The Hall–Kier alpha value is -1.36. The Morgan fingerprint density at radius 2 is 1.45 bits per heavy atom. The van der Waals surface area contributed by atoms with Gasteiger partial charge in [-0.25, -0.2) is 8.42 Å². The van der Waals surface area contributed by atoms with Crippen molar-refractivity contribution in [2.75, 3.05) is 6.54 Å². The summed E-state index contributed by atoms with van der Waals surface area (Å²) >= 11 is 5.83. The van der Waals surface area contributed by atoms with E-state index in [2.05, 4.69) is 19.6 Å². The van der Waals surface area contributed by atoms with E-state index in [4.69, 9.17) is 11.6 Å². The maximum atomic E-state index is 12.8. The molecule has 3 N–H and O–H groups in total. The van der Waals surface area contributed by atoms with Crippen molar-refractivity contribution in [1.29, 1.82) is 0 Å². The van der Waals surface area contributed by atoms with E-state index in [1.54, 1.807) is 24.3 Å². The summed E-state index contributed by atoms with van der Waals surface area (Å²) in [6, 6.07) is 14.0. The number of hydrogen-bond acceptors (Lipinski definition) is 2. The van der Waals surface area contributed by atoms with Gasteiger partial charge in [-0.2, -0.15) is 0 Å². The van der Waals surface area contributed by atoms with Crippen LogP contribution >= 0.6 is 11.6 Å². The first-order valence-corrected chi connectivity index (χ1v) is 9.17. The summed E-state index contributed by atoms with van der Waals surface area (Å²) < 4.78 is 25.6. The highest BCUT2D eigenvalue weighted by molar-refractivity contribution is 7.91. The predicted molar refractivity (Wildman–Crippen MR) is 89.7 cm³/mol. The molecule has 3 nitrogen and oxygen atoms in total. The van der Waals surface area contributed by atoms with Crippen molar-refractivity contribution in [3.05, 3.63) is 64.7 Å². The third-order valence-corrected chi connectivity index (χ3v) is 6.19. The molecule has 0 heterocycles. The van der Waals surface area contributed by atoms with Gasteiger partial charge < -0.3 is 5.73 Å². The van der Waals surface area contributed by atoms with E-state index in [0.717, 1.165) is 5.56 Å². The summed E-state index contributed by atoms with van der Waals surface area (Å²) in [6.07, 6.45) is 0. The zero-order valence-corrected chi connectivity index (χ0v) is 14.4. The molecule has 0 unspecified atom stereocenters. The molecule has 0 saturated carbocycles. The highest BCUT2D eigenvalue weighted by Gasteiger charge is 2.29. The van der Waals surface area contributed by atoms with Gasteiger partial charge >= 0.3 is 0 Å². The Morgan fingerprint density at radius 1 is 0.955 bits per heavy atom. The molecule has 0 aliphatic carbocycles. The minimum atomic E-state index is -3.48. The van der Waals surface area contributed by atoms with Crippen molar-refractivity contribution >= 4 is 21.4 Å². The van der Waals surface area contributed by atoms with Gasteiger partial charge in [-0.15, -0.1) is 0 Å². The van der Waals surface area contributed by atoms with Gasteiger partial charge in [0.15, 0.2) is 9.84 Å². The van der Waals surface area contributed by atoms with E-state index in [-0.39, 0.29) is 11.4 Å². The maximum absolute atomic E-state index is 12.8. The minimum Gasteiger partial charge on any atom is -0.356 e. The molecule has 0 aliphatic heterocycles. The summed E-state index contributed by atoms with van der Waals surface area (Å²) in [4.78, 5) is 0.276. The van der Waals surface area contributed by atoms with Crippen molar-refractivity contribution in [3.63, 3.8) is 0 Å². The minimum absolute atomic E-state index is 0.276. The van der Waals surface area contributed by atoms with Crippen LogP contribution in [0.3, 0.4) is 0 Å². The van der Waals surface area contributed by atoms with E-state index in [1.807, 2.05) is 24.3 Å². The van der Waals surface area contributed by atoms with Crippen LogP contribution in [0, 0.1) is 0 Å². The van der Waals surface area contributed by atoms with Crippen LogP contribution in [0.2, 0.25) is 5.02 Å². The summed E-state index contributed by atoms with van der Waals surface area (Å²) in [6.45, 7) is 4.50. The zero-order chi connectivity index (χ0) is 16.3. The van der Waals surface area contributed by atoms with E-state index in [1.165, 1.54) is 5.56 Å². The van der Waals surface area contributed by atoms with Crippen LogP contribution in [-0.2, 0) is 9.84 Å². The van der Waals surface area contributed by atoms with Gasteiger partial charge in [-0.3, -0.25) is 0 Å². The number of sulfone groups is 1. The predicted octanol–water partition coefficient (Wildman–Crippen LogP) is 3.22. The second-order valence-corrected chi connectivity index (χ2v) is 8.16. The lowest BCUT2D eigenvalue weighted by molar-refractivity contribution is -0.367. The fraction of sp³-hybridized carbons (Fsp3) is 0.294. The van der Waals surface area contributed by atoms with Crippen LogP contribution in [0.5, 0.6) is 0 Å². The van der Waals surface area contributed by atoms with Crippen molar-refractivity contribution in [3.8, 4) is 0 Å². The van der Waals surface area contributed by atoms with Crippen molar-refractivity contribution < 1.29 is 14.2 Å². The van der Waals surface area contributed by atoms with E-state index in [9.17, 15) is 8.42 Å². The van der Waals surface area contributed by atoms with Gasteiger partial charge in [0.1, 0.15) is 5.25 Å². The van der Waals surface area contributed by atoms with Gasteiger partial charge in [0, 0.05) is 5.02 Å². The summed E-state index contributed by atoms with van der Waals surface area (Å²) in [5.41, 5.74) is 5.79. The van der Waals surface area contributed by atoms with Gasteiger partial charge in [-0.1, -0.05) is 49.7 Å². The molecule has 0 bridgehead atoms. The van der Waals surface area contributed by atoms with Crippen LogP contribution < -0.4 is 5.73 Å². The molecule has 0 radical (unpaired) electrons. The highest BCUT2D eigenvalue weighted by atomic mass is 35.5. The van der Waals surface area contributed by atoms with Crippen LogP contribution in [0.4, 0.5) is 0 Å². The lowest BCUT2D eigenvalue weighted by Gasteiger charge is -2.16. The Morgan fingerprint density at radius 3 is 1.91 bits per heavy atom. The molecule has 1 atom stereocenters. The van der Waals surface area contributed by atoms with Crippen molar-refractivity contribution in [1.82, 2.24) is 0 Å². The monoisotopic (exact) mass is 338 g/mol. The maximum Gasteiger partial charge on any atom is 0.190 e. The molecule has 0 fully saturated rings. The highest BCUT2D eigenvalue weighted by Crippen LogP contribution is 2.29. The third kappa shape index (κ3) is 3.51. The molecule has 2 rings (SSSR count). The summed E-state index contributed by atoms with van der Waals surface area (Å²) in [5, 5.41) is -0.124. The second kappa shape index (κ2) is 6.82. The average molecular weight is 339 g/mol. The third-order valence-electron chi connectivity index (χ3n) is 3.75. The van der Waals surface area contributed by atoms with Crippen LogP contribution in [-0.4, -0.2) is 15.0 Å². The average Bonchev–Trinajstić information content (AvgIpc) is 2.48. The first-order chi connectivity index (χ1) is 10.4. The Bertz CT molecular complexity index is 722. The smallest absolute Gasteiger partial charge is 0.190 e. The Labute approximate surface area is 137 Å². The molecule has 0 aromatic heterocycles.